The van der Waals surface area contributed by atoms with Gasteiger partial charge in [0.25, 0.3) is 11.5 Å². The second-order valence-corrected chi connectivity index (χ2v) is 6.72. The molecule has 0 spiro atoms. The van der Waals surface area contributed by atoms with Crippen molar-refractivity contribution in [3.63, 3.8) is 0 Å². The van der Waals surface area contributed by atoms with Crippen molar-refractivity contribution in [1.82, 2.24) is 15.3 Å². The molecule has 1 amide bonds. The minimum absolute atomic E-state index is 0.104. The third kappa shape index (κ3) is 4.11. The van der Waals surface area contributed by atoms with Gasteiger partial charge in [-0.3, -0.25) is 9.59 Å². The molecule has 2 aromatic heterocycles. The van der Waals surface area contributed by atoms with Crippen LogP contribution in [0.4, 0.5) is 0 Å². The lowest BCUT2D eigenvalue weighted by atomic mass is 10.0. The summed E-state index contributed by atoms with van der Waals surface area (Å²) in [6.07, 6.45) is 0.577. The van der Waals surface area contributed by atoms with E-state index in [1.807, 2.05) is 0 Å². The molecule has 3 aromatic rings. The summed E-state index contributed by atoms with van der Waals surface area (Å²) in [6.45, 7) is 5.18. The molecule has 0 aliphatic rings. The summed E-state index contributed by atoms with van der Waals surface area (Å²) in [5, 5.41) is 3.07. The van der Waals surface area contributed by atoms with Crippen LogP contribution in [0.5, 0.6) is 0 Å². The number of H-pyrrole nitrogens is 1. The zero-order valence-electron chi connectivity index (χ0n) is 15.8. The van der Waals surface area contributed by atoms with Crippen molar-refractivity contribution in [2.24, 2.45) is 5.92 Å². The molecule has 2 atom stereocenters. The number of esters is 1. The minimum atomic E-state index is -0.882. The van der Waals surface area contributed by atoms with Gasteiger partial charge in [0.2, 0.25) is 0 Å². The van der Waals surface area contributed by atoms with Crippen molar-refractivity contribution in [2.75, 3.05) is 0 Å². The molecule has 0 bridgehead atoms. The Morgan fingerprint density at radius 2 is 1.89 bits per heavy atom. The van der Waals surface area contributed by atoms with Crippen LogP contribution >= 0.6 is 0 Å². The number of amides is 1. The maximum Gasteiger partial charge on any atom is 0.329 e. The summed E-state index contributed by atoms with van der Waals surface area (Å²) in [5.41, 5.74) is 0.200. The molecule has 0 fully saturated rings. The van der Waals surface area contributed by atoms with E-state index in [4.69, 9.17) is 9.15 Å². The van der Waals surface area contributed by atoms with Gasteiger partial charge in [-0.05, 0) is 37.1 Å². The second kappa shape index (κ2) is 8.08. The van der Waals surface area contributed by atoms with Gasteiger partial charge in [-0.1, -0.05) is 26.0 Å². The molecule has 0 radical (unpaired) electrons. The van der Waals surface area contributed by atoms with Crippen LogP contribution in [0.3, 0.4) is 0 Å². The minimum Gasteiger partial charge on any atom is -0.459 e. The number of hydrogen-bond acceptors (Lipinski definition) is 6. The van der Waals surface area contributed by atoms with Crippen LogP contribution in [0.1, 0.15) is 43.3 Å². The maximum atomic E-state index is 12.6. The Kier molecular flexibility index (Phi) is 5.58. The molecule has 8 nitrogen and oxygen atoms in total. The van der Waals surface area contributed by atoms with Gasteiger partial charge in [0.1, 0.15) is 6.04 Å². The molecule has 0 saturated heterocycles. The van der Waals surface area contributed by atoms with E-state index in [9.17, 15) is 14.4 Å². The molecule has 2 N–H and O–H groups in total. The van der Waals surface area contributed by atoms with E-state index in [0.717, 1.165) is 0 Å². The Balaban J connectivity index is 1.76. The van der Waals surface area contributed by atoms with E-state index in [1.54, 1.807) is 51.1 Å². The number of rotatable bonds is 6. The third-order valence-corrected chi connectivity index (χ3v) is 4.26. The zero-order chi connectivity index (χ0) is 20.3. The van der Waals surface area contributed by atoms with Gasteiger partial charge in [-0.15, -0.1) is 0 Å². The number of fused-ring (bicyclic) bond motifs is 1. The summed E-state index contributed by atoms with van der Waals surface area (Å²) in [7, 11) is 0. The van der Waals surface area contributed by atoms with Crippen LogP contribution in [0.25, 0.3) is 10.9 Å². The first-order valence-corrected chi connectivity index (χ1v) is 8.90. The number of ether oxygens (including phenoxy) is 1. The maximum absolute atomic E-state index is 12.6. The predicted octanol–water partition coefficient (Wildman–Crippen LogP) is 2.57. The van der Waals surface area contributed by atoms with E-state index >= 15 is 0 Å². The van der Waals surface area contributed by atoms with Crippen LogP contribution in [-0.2, 0) is 9.53 Å². The number of aromatic nitrogens is 2. The van der Waals surface area contributed by atoms with Gasteiger partial charge in [-0.25, -0.2) is 9.78 Å². The molecular weight excluding hydrogens is 362 g/mol. The van der Waals surface area contributed by atoms with E-state index in [-0.39, 0.29) is 23.1 Å². The number of para-hydroxylation sites is 1. The fraction of sp³-hybridized carbons (Fsp3) is 0.300. The van der Waals surface area contributed by atoms with Crippen LogP contribution in [0.2, 0.25) is 0 Å². The van der Waals surface area contributed by atoms with Crippen LogP contribution in [0, 0.1) is 5.92 Å². The molecule has 2 heterocycles. The van der Waals surface area contributed by atoms with Gasteiger partial charge in [0, 0.05) is 0 Å². The molecular formula is C20H21N3O5. The zero-order valence-corrected chi connectivity index (χ0v) is 15.8. The lowest BCUT2D eigenvalue weighted by Crippen LogP contribution is -2.45. The Hall–Kier alpha value is -3.42. The first kappa shape index (κ1) is 19.3. The average molecular weight is 383 g/mol. The fourth-order valence-corrected chi connectivity index (χ4v) is 2.72. The van der Waals surface area contributed by atoms with E-state index < -0.39 is 24.0 Å². The summed E-state index contributed by atoms with van der Waals surface area (Å²) in [5.74, 6) is -1.02. The Bertz CT molecular complexity index is 1040. The molecule has 1 aromatic carbocycles. The number of carbonyl (C=O) groups excluding carboxylic acids is 2. The SMILES string of the molecule is CC(C)[C@H](NC(=O)c1ccco1)C(=O)O[C@H](C)c1nc2ccccc2c(=O)[nH]1. The third-order valence-electron chi connectivity index (χ3n) is 4.26. The summed E-state index contributed by atoms with van der Waals surface area (Å²) >= 11 is 0. The Morgan fingerprint density at radius 3 is 2.57 bits per heavy atom. The molecule has 0 aliphatic carbocycles. The highest BCUT2D eigenvalue weighted by Crippen LogP contribution is 2.17. The van der Waals surface area contributed by atoms with Crippen molar-refractivity contribution in [1.29, 1.82) is 0 Å². The molecule has 8 heteroatoms. The lowest BCUT2D eigenvalue weighted by molar-refractivity contribution is -0.152. The van der Waals surface area contributed by atoms with Crippen molar-refractivity contribution in [3.8, 4) is 0 Å². The smallest absolute Gasteiger partial charge is 0.329 e. The highest BCUT2D eigenvalue weighted by Gasteiger charge is 2.29. The van der Waals surface area contributed by atoms with Crippen molar-refractivity contribution >= 4 is 22.8 Å². The van der Waals surface area contributed by atoms with Gasteiger partial charge in [0.15, 0.2) is 17.7 Å². The molecule has 0 unspecified atom stereocenters. The van der Waals surface area contributed by atoms with E-state index in [1.165, 1.54) is 12.3 Å². The first-order valence-electron chi connectivity index (χ1n) is 8.90. The average Bonchev–Trinajstić information content (AvgIpc) is 3.20. The Labute approximate surface area is 160 Å². The van der Waals surface area contributed by atoms with Gasteiger partial charge in [-0.2, -0.15) is 0 Å². The largest absolute Gasteiger partial charge is 0.459 e. The number of nitrogens with one attached hydrogen (secondary N) is 2. The summed E-state index contributed by atoms with van der Waals surface area (Å²) in [4.78, 5) is 44.0. The highest BCUT2D eigenvalue weighted by atomic mass is 16.5. The Morgan fingerprint density at radius 1 is 1.14 bits per heavy atom. The number of aromatic amines is 1. The molecule has 3 rings (SSSR count). The number of furan rings is 1. The van der Waals surface area contributed by atoms with Gasteiger partial charge in [0.05, 0.1) is 17.2 Å². The predicted molar refractivity (Wildman–Crippen MR) is 102 cm³/mol. The van der Waals surface area contributed by atoms with Crippen LogP contribution < -0.4 is 10.9 Å². The van der Waals surface area contributed by atoms with Gasteiger partial charge < -0.3 is 19.5 Å². The van der Waals surface area contributed by atoms with Crippen LogP contribution in [-0.4, -0.2) is 27.9 Å². The normalized spacial score (nSPS) is 13.3. The fourth-order valence-electron chi connectivity index (χ4n) is 2.72. The number of nitrogens with zero attached hydrogens (tertiary/aromatic N) is 1. The standard InChI is InChI=1S/C20H21N3O5/c1-11(2)16(22-19(25)15-9-6-10-27-15)20(26)28-12(3)17-21-14-8-5-4-7-13(14)18(24)23-17/h4-12,16H,1-3H3,(H,22,25)(H,21,23,24)/t12-,16+/m1/s1. The van der Waals surface area contributed by atoms with Crippen molar-refractivity contribution in [3.05, 3.63) is 64.6 Å². The van der Waals surface area contributed by atoms with Crippen molar-refractivity contribution < 1.29 is 18.7 Å². The van der Waals surface area contributed by atoms with E-state index in [2.05, 4.69) is 15.3 Å². The number of hydrogen-bond donors (Lipinski definition) is 2. The van der Waals surface area contributed by atoms with E-state index in [0.29, 0.717) is 10.9 Å². The molecule has 146 valence electrons. The number of carbonyl (C=O) groups is 2. The summed E-state index contributed by atoms with van der Waals surface area (Å²) < 4.78 is 10.5. The monoisotopic (exact) mass is 383 g/mol. The second-order valence-electron chi connectivity index (χ2n) is 6.72. The van der Waals surface area contributed by atoms with Crippen LogP contribution in [0.15, 0.2) is 51.9 Å². The molecule has 0 aliphatic heterocycles. The molecule has 0 saturated carbocycles. The lowest BCUT2D eigenvalue weighted by Gasteiger charge is -2.22. The first-order chi connectivity index (χ1) is 13.4. The quantitative estimate of drug-likeness (QED) is 0.632. The summed E-state index contributed by atoms with van der Waals surface area (Å²) in [6, 6.07) is 9.10. The number of benzene rings is 1. The molecule has 28 heavy (non-hydrogen) atoms. The van der Waals surface area contributed by atoms with Gasteiger partial charge >= 0.3 is 5.97 Å². The highest BCUT2D eigenvalue weighted by molar-refractivity contribution is 5.94. The van der Waals surface area contributed by atoms with Crippen molar-refractivity contribution in [2.45, 2.75) is 32.9 Å². The topological polar surface area (TPSA) is 114 Å².